The Morgan fingerprint density at radius 1 is 1.67 bits per heavy atom. The molecule has 0 spiro atoms. The molecule has 1 amide bonds. The molecule has 0 aliphatic carbocycles. The minimum Gasteiger partial charge on any atom is -0.274 e. The number of fused-ring (bicyclic) bond motifs is 1. The maximum absolute atomic E-state index is 12.6. The van der Waals surface area contributed by atoms with Crippen molar-refractivity contribution in [3.8, 4) is 0 Å². The summed E-state index contributed by atoms with van der Waals surface area (Å²) in [7, 11) is 2.83. The average Bonchev–Trinajstić information content (AvgIpc) is 2.81. The molecule has 0 fully saturated rings. The zero-order valence-electron chi connectivity index (χ0n) is 9.55. The van der Waals surface area contributed by atoms with Crippen LogP contribution in [0.5, 0.6) is 0 Å². The van der Waals surface area contributed by atoms with Crippen LogP contribution in [0.25, 0.3) is 11.0 Å². The zero-order chi connectivity index (χ0) is 13.3. The molecule has 96 valence electrons. The summed E-state index contributed by atoms with van der Waals surface area (Å²) in [5, 5.41) is 1.77. The number of carbonyl (C=O) groups is 1. The number of nitrogens with zero attached hydrogens (tertiary/aromatic N) is 3. The summed E-state index contributed by atoms with van der Waals surface area (Å²) in [4.78, 5) is 20.7. The van der Waals surface area contributed by atoms with Crippen molar-refractivity contribution in [3.05, 3.63) is 29.0 Å². The summed E-state index contributed by atoms with van der Waals surface area (Å²) in [6.07, 6.45) is 2.79. The van der Waals surface area contributed by atoms with E-state index in [1.165, 1.54) is 30.5 Å². The molecule has 0 atom stereocenters. The summed E-state index contributed by atoms with van der Waals surface area (Å²) in [6, 6.07) is 1.60. The summed E-state index contributed by atoms with van der Waals surface area (Å²) in [5.74, 6) is -0.419. The van der Waals surface area contributed by atoms with Crippen molar-refractivity contribution in [1.82, 2.24) is 14.0 Å². The van der Waals surface area contributed by atoms with Crippen LogP contribution in [0, 0.1) is 0 Å². The maximum atomic E-state index is 12.6. The second-order valence-electron chi connectivity index (χ2n) is 3.42. The fourth-order valence-corrected chi connectivity index (χ4v) is 2.08. The lowest BCUT2D eigenvalue weighted by atomic mass is 10.2. The fourth-order valence-electron chi connectivity index (χ4n) is 1.49. The highest BCUT2D eigenvalue weighted by Crippen LogP contribution is 2.29. The topological polar surface area (TPSA) is 47.4 Å². The van der Waals surface area contributed by atoms with Crippen molar-refractivity contribution < 1.29 is 13.5 Å². The van der Waals surface area contributed by atoms with Gasteiger partial charge < -0.3 is 0 Å². The molecule has 0 N–H and O–H groups in total. The number of aromatic nitrogens is 2. The van der Waals surface area contributed by atoms with Crippen LogP contribution in [0.1, 0.15) is 10.4 Å². The van der Waals surface area contributed by atoms with E-state index in [1.807, 2.05) is 0 Å². The number of hydrogen-bond donors (Lipinski definition) is 0. The van der Waals surface area contributed by atoms with Gasteiger partial charge >= 0.3 is 0 Å². The Kier molecular flexibility index (Phi) is 3.74. The van der Waals surface area contributed by atoms with Crippen molar-refractivity contribution in [3.63, 3.8) is 0 Å². The van der Waals surface area contributed by atoms with Gasteiger partial charge in [0.2, 0.25) is 0 Å². The molecule has 2 heterocycles. The molecule has 0 radical (unpaired) electrons. The van der Waals surface area contributed by atoms with E-state index in [0.717, 1.165) is 5.06 Å². The molecular weight excluding hydrogens is 281 g/mol. The Balaban J connectivity index is 2.55. The number of hydrogen-bond acceptors (Lipinski definition) is 4. The van der Waals surface area contributed by atoms with Gasteiger partial charge in [0, 0.05) is 24.8 Å². The van der Waals surface area contributed by atoms with Gasteiger partial charge in [-0.2, -0.15) is 0 Å². The van der Waals surface area contributed by atoms with E-state index in [2.05, 4.69) is 4.98 Å². The van der Waals surface area contributed by atoms with Crippen LogP contribution >= 0.6 is 23.9 Å². The van der Waals surface area contributed by atoms with Gasteiger partial charge in [0.1, 0.15) is 0 Å². The molecule has 2 aromatic heterocycles. The first-order chi connectivity index (χ1) is 8.60. The Morgan fingerprint density at radius 3 is 3.00 bits per heavy atom. The van der Waals surface area contributed by atoms with E-state index in [1.54, 1.807) is 6.07 Å². The average molecular weight is 290 g/mol. The Hall–Kier alpha value is -1.31. The largest absolute Gasteiger partial charge is 0.280 e. The molecular formula is C10H9ClFN3O2S. The Labute approximate surface area is 112 Å². The molecule has 0 saturated heterocycles. The van der Waals surface area contributed by atoms with Crippen molar-refractivity contribution in [1.29, 1.82) is 0 Å². The first-order valence-electron chi connectivity index (χ1n) is 4.87. The van der Waals surface area contributed by atoms with Gasteiger partial charge in [-0.05, 0) is 6.07 Å². The Bertz CT molecular complexity index is 604. The zero-order valence-corrected chi connectivity index (χ0v) is 11.1. The predicted molar refractivity (Wildman–Crippen MR) is 67.9 cm³/mol. The fraction of sp³-hybridized carbons (Fsp3) is 0.200. The first kappa shape index (κ1) is 13.1. The molecule has 0 aliphatic heterocycles. The third-order valence-corrected chi connectivity index (χ3v) is 3.33. The number of pyridine rings is 1. The SMILES string of the molecule is CON(C)C(=O)c1cnc2c(ccn2SF)c1Cl. The molecule has 5 nitrogen and oxygen atoms in total. The molecule has 0 saturated carbocycles. The smallest absolute Gasteiger partial charge is 0.274 e. The summed E-state index contributed by atoms with van der Waals surface area (Å²) in [6.45, 7) is 0. The highest BCUT2D eigenvalue weighted by molar-refractivity contribution is 7.92. The van der Waals surface area contributed by atoms with Gasteiger partial charge in [-0.15, -0.1) is 3.89 Å². The monoisotopic (exact) mass is 289 g/mol. The lowest BCUT2D eigenvalue weighted by molar-refractivity contribution is -0.0757. The van der Waals surface area contributed by atoms with E-state index in [0.29, 0.717) is 11.0 Å². The maximum Gasteiger partial charge on any atom is 0.280 e. The Morgan fingerprint density at radius 2 is 2.39 bits per heavy atom. The molecule has 8 heteroatoms. The van der Waals surface area contributed by atoms with Crippen LogP contribution in [0.2, 0.25) is 5.02 Å². The van der Waals surface area contributed by atoms with Gasteiger partial charge in [0.15, 0.2) is 18.0 Å². The van der Waals surface area contributed by atoms with Gasteiger partial charge in [0.25, 0.3) is 5.91 Å². The molecule has 2 rings (SSSR count). The summed E-state index contributed by atoms with van der Waals surface area (Å²) in [5.41, 5.74) is 0.569. The normalized spacial score (nSPS) is 10.9. The van der Waals surface area contributed by atoms with E-state index in [9.17, 15) is 8.68 Å². The van der Waals surface area contributed by atoms with Crippen LogP contribution < -0.4 is 0 Å². The molecule has 0 aromatic carbocycles. The second-order valence-corrected chi connectivity index (χ2v) is 4.33. The predicted octanol–water partition coefficient (Wildman–Crippen LogP) is 2.70. The van der Waals surface area contributed by atoms with Gasteiger partial charge in [-0.1, -0.05) is 11.6 Å². The van der Waals surface area contributed by atoms with E-state index >= 15 is 0 Å². The number of rotatable bonds is 3. The third-order valence-electron chi connectivity index (χ3n) is 2.48. The molecule has 0 unspecified atom stereocenters. The molecule has 2 aromatic rings. The van der Waals surface area contributed by atoms with Crippen LogP contribution in [-0.2, 0) is 4.84 Å². The summed E-state index contributed by atoms with van der Waals surface area (Å²) >= 11 is 6.13. The van der Waals surface area contributed by atoms with E-state index in [-0.39, 0.29) is 22.9 Å². The van der Waals surface area contributed by atoms with Gasteiger partial charge in [-0.25, -0.2) is 14.0 Å². The van der Waals surface area contributed by atoms with Crippen molar-refractivity contribution in [2.45, 2.75) is 0 Å². The number of carbonyl (C=O) groups excluding carboxylic acids is 1. The standard InChI is InChI=1S/C10H9ClFN3O2S/c1-14(17-2)10(16)7-5-13-9-6(8(7)11)3-4-15(9)18-12/h3-5H,1-2H3. The number of hydroxylamine groups is 2. The minimum atomic E-state index is -0.419. The van der Waals surface area contributed by atoms with Crippen molar-refractivity contribution >= 4 is 40.9 Å². The van der Waals surface area contributed by atoms with Crippen molar-refractivity contribution in [2.24, 2.45) is 0 Å². The lowest BCUT2D eigenvalue weighted by Crippen LogP contribution is -2.25. The van der Waals surface area contributed by atoms with Crippen LogP contribution in [0.4, 0.5) is 3.89 Å². The van der Waals surface area contributed by atoms with E-state index < -0.39 is 5.91 Å². The van der Waals surface area contributed by atoms with Gasteiger partial charge in [0.05, 0.1) is 17.7 Å². The third kappa shape index (κ3) is 2.05. The van der Waals surface area contributed by atoms with Crippen molar-refractivity contribution in [2.75, 3.05) is 14.2 Å². The summed E-state index contributed by atoms with van der Waals surface area (Å²) < 4.78 is 13.8. The van der Waals surface area contributed by atoms with E-state index in [4.69, 9.17) is 16.4 Å². The highest BCUT2D eigenvalue weighted by atomic mass is 35.5. The molecule has 0 bridgehead atoms. The minimum absolute atomic E-state index is 0.0142. The van der Waals surface area contributed by atoms with Gasteiger partial charge in [-0.3, -0.25) is 9.63 Å². The highest BCUT2D eigenvalue weighted by Gasteiger charge is 2.19. The lowest BCUT2D eigenvalue weighted by Gasteiger charge is -2.14. The molecule has 18 heavy (non-hydrogen) atoms. The quantitative estimate of drug-likeness (QED) is 0.815. The molecule has 0 aliphatic rings. The van der Waals surface area contributed by atoms with Crippen LogP contribution in [0.3, 0.4) is 0 Å². The first-order valence-corrected chi connectivity index (χ1v) is 5.92. The van der Waals surface area contributed by atoms with Crippen LogP contribution in [-0.4, -0.2) is 34.1 Å². The van der Waals surface area contributed by atoms with Crippen LogP contribution in [0.15, 0.2) is 18.5 Å². The number of halogens is 2. The second kappa shape index (κ2) is 5.13. The number of amides is 1.